The van der Waals surface area contributed by atoms with Gasteiger partial charge in [0.05, 0.1) is 11.6 Å². The maximum absolute atomic E-state index is 9.58. The fraction of sp³-hybridized carbons (Fsp3) is 0. The molecule has 0 N–H and O–H groups in total. The first-order chi connectivity index (χ1) is 24.2. The highest BCUT2D eigenvalue weighted by molar-refractivity contribution is 6.25. The lowest BCUT2D eigenvalue weighted by atomic mass is 9.83. The second kappa shape index (κ2) is 10.7. The quantitative estimate of drug-likeness (QED) is 0.184. The third kappa shape index (κ3) is 4.20. The number of hydrogen-bond donors (Lipinski definition) is 0. The van der Waals surface area contributed by atoms with Crippen molar-refractivity contribution in [1.82, 2.24) is 0 Å². The van der Waals surface area contributed by atoms with Gasteiger partial charge in [0.25, 0.3) is 0 Å². The highest BCUT2D eigenvalue weighted by Gasteiger charge is 2.20. The molecule has 49 heavy (non-hydrogen) atoms. The van der Waals surface area contributed by atoms with Gasteiger partial charge in [0.1, 0.15) is 11.2 Å². The second-order valence-electron chi connectivity index (χ2n) is 12.7. The Bertz CT molecular complexity index is 3000. The molecule has 10 aromatic rings. The zero-order valence-electron chi connectivity index (χ0n) is 26.4. The van der Waals surface area contributed by atoms with E-state index in [0.717, 1.165) is 33.1 Å². The number of nitrogens with zero attached hydrogens (tertiary/aromatic N) is 1. The summed E-state index contributed by atoms with van der Waals surface area (Å²) in [4.78, 5) is 0. The Morgan fingerprint density at radius 1 is 0.367 bits per heavy atom. The molecule has 0 spiro atoms. The summed E-state index contributed by atoms with van der Waals surface area (Å²) in [6.07, 6.45) is 0. The fourth-order valence-corrected chi connectivity index (χ4v) is 7.85. The molecule has 226 valence electrons. The van der Waals surface area contributed by atoms with Crippen LogP contribution in [0.25, 0.3) is 98.4 Å². The lowest BCUT2D eigenvalue weighted by molar-refractivity contribution is 0.669. The van der Waals surface area contributed by atoms with Crippen LogP contribution in [0.4, 0.5) is 0 Å². The molecular weight excluding hydrogens is 595 g/mol. The van der Waals surface area contributed by atoms with Crippen LogP contribution in [0.5, 0.6) is 0 Å². The highest BCUT2D eigenvalue weighted by atomic mass is 16.3. The van der Waals surface area contributed by atoms with E-state index in [-0.39, 0.29) is 0 Å². The van der Waals surface area contributed by atoms with Crippen LogP contribution in [0.1, 0.15) is 5.56 Å². The molecular formula is C47H27NO. The smallest absolute Gasteiger partial charge is 0.135 e. The Hall–Kier alpha value is -6.69. The Balaban J connectivity index is 1.33. The van der Waals surface area contributed by atoms with E-state index in [1.165, 1.54) is 65.3 Å². The van der Waals surface area contributed by atoms with Crippen LogP contribution in [-0.2, 0) is 0 Å². The van der Waals surface area contributed by atoms with Gasteiger partial charge in [-0.3, -0.25) is 0 Å². The van der Waals surface area contributed by atoms with Crippen molar-refractivity contribution in [3.63, 3.8) is 0 Å². The zero-order valence-corrected chi connectivity index (χ0v) is 26.4. The number of rotatable bonds is 3. The van der Waals surface area contributed by atoms with Crippen LogP contribution in [-0.4, -0.2) is 0 Å². The summed E-state index contributed by atoms with van der Waals surface area (Å²) in [5, 5.41) is 21.4. The van der Waals surface area contributed by atoms with E-state index in [4.69, 9.17) is 4.42 Å². The van der Waals surface area contributed by atoms with E-state index in [0.29, 0.717) is 5.56 Å². The number of hydrogen-bond acceptors (Lipinski definition) is 2. The van der Waals surface area contributed by atoms with E-state index in [2.05, 4.69) is 152 Å². The average molecular weight is 622 g/mol. The third-order valence-electron chi connectivity index (χ3n) is 10.1. The summed E-state index contributed by atoms with van der Waals surface area (Å²) >= 11 is 0. The first-order valence-electron chi connectivity index (χ1n) is 16.6. The van der Waals surface area contributed by atoms with E-state index < -0.39 is 0 Å². The van der Waals surface area contributed by atoms with E-state index in [1.807, 2.05) is 18.2 Å². The van der Waals surface area contributed by atoms with Gasteiger partial charge in [-0.1, -0.05) is 127 Å². The summed E-state index contributed by atoms with van der Waals surface area (Å²) in [7, 11) is 0. The summed E-state index contributed by atoms with van der Waals surface area (Å²) < 4.78 is 6.17. The van der Waals surface area contributed by atoms with Crippen molar-refractivity contribution in [2.24, 2.45) is 0 Å². The van der Waals surface area contributed by atoms with Crippen molar-refractivity contribution < 1.29 is 4.42 Å². The van der Waals surface area contributed by atoms with Crippen LogP contribution in [0.2, 0.25) is 0 Å². The molecule has 0 saturated heterocycles. The normalized spacial score (nSPS) is 11.7. The van der Waals surface area contributed by atoms with Crippen molar-refractivity contribution in [2.75, 3.05) is 0 Å². The minimum Gasteiger partial charge on any atom is -0.456 e. The molecule has 10 rings (SSSR count). The number of nitriles is 1. The molecule has 0 aliphatic rings. The van der Waals surface area contributed by atoms with Gasteiger partial charge in [0.2, 0.25) is 0 Å². The molecule has 1 heterocycles. The van der Waals surface area contributed by atoms with Crippen LogP contribution >= 0.6 is 0 Å². The minimum atomic E-state index is 0.624. The number of furan rings is 1. The molecule has 0 bridgehead atoms. The molecule has 0 atom stereocenters. The first-order valence-corrected chi connectivity index (χ1v) is 16.6. The molecule has 0 amide bonds. The van der Waals surface area contributed by atoms with Crippen LogP contribution in [0, 0.1) is 11.3 Å². The Kier molecular flexibility index (Phi) is 5.97. The maximum Gasteiger partial charge on any atom is 0.135 e. The van der Waals surface area contributed by atoms with Gasteiger partial charge in [-0.05, 0) is 113 Å². The fourth-order valence-electron chi connectivity index (χ4n) is 7.85. The molecule has 9 aromatic carbocycles. The zero-order chi connectivity index (χ0) is 32.5. The van der Waals surface area contributed by atoms with E-state index in [9.17, 15) is 5.26 Å². The van der Waals surface area contributed by atoms with Gasteiger partial charge in [-0.15, -0.1) is 0 Å². The molecule has 2 heteroatoms. The Morgan fingerprint density at radius 3 is 1.47 bits per heavy atom. The van der Waals surface area contributed by atoms with Crippen molar-refractivity contribution in [3.8, 4) is 39.4 Å². The number of fused-ring (bicyclic) bond motifs is 7. The van der Waals surface area contributed by atoms with Gasteiger partial charge in [0, 0.05) is 10.8 Å². The molecule has 1 aromatic heterocycles. The van der Waals surface area contributed by atoms with Gasteiger partial charge in [-0.2, -0.15) is 5.26 Å². The summed E-state index contributed by atoms with van der Waals surface area (Å²) in [5.41, 5.74) is 9.39. The van der Waals surface area contributed by atoms with Crippen molar-refractivity contribution >= 4 is 65.0 Å². The largest absolute Gasteiger partial charge is 0.456 e. The van der Waals surface area contributed by atoms with Gasteiger partial charge in [-0.25, -0.2) is 0 Å². The van der Waals surface area contributed by atoms with E-state index >= 15 is 0 Å². The lowest BCUT2D eigenvalue weighted by Crippen LogP contribution is -1.93. The molecule has 2 nitrogen and oxygen atoms in total. The third-order valence-corrected chi connectivity index (χ3v) is 10.1. The molecule has 0 saturated carbocycles. The van der Waals surface area contributed by atoms with Gasteiger partial charge >= 0.3 is 0 Å². The van der Waals surface area contributed by atoms with Crippen molar-refractivity contribution in [2.45, 2.75) is 0 Å². The number of benzene rings is 9. The minimum absolute atomic E-state index is 0.624. The topological polar surface area (TPSA) is 36.9 Å². The lowest BCUT2D eigenvalue weighted by Gasteiger charge is -2.20. The first kappa shape index (κ1) is 27.4. The average Bonchev–Trinajstić information content (AvgIpc) is 3.53. The van der Waals surface area contributed by atoms with Gasteiger partial charge in [0.15, 0.2) is 0 Å². The second-order valence-corrected chi connectivity index (χ2v) is 12.7. The Labute approximate surface area is 282 Å². The SMILES string of the molecule is N#Cc1ccc2oc3ccc(-c4ccc5c(-c6cccc7ccccc67)c6ccccc6c(-c6cccc7ccccc67)c5c4)cc3c2c1. The highest BCUT2D eigenvalue weighted by Crippen LogP contribution is 2.47. The molecule has 0 unspecified atom stereocenters. The summed E-state index contributed by atoms with van der Waals surface area (Å²) in [5.74, 6) is 0. The van der Waals surface area contributed by atoms with Gasteiger partial charge < -0.3 is 4.42 Å². The summed E-state index contributed by atoms with van der Waals surface area (Å²) in [6.45, 7) is 0. The maximum atomic E-state index is 9.58. The van der Waals surface area contributed by atoms with Crippen LogP contribution < -0.4 is 0 Å². The predicted octanol–water partition coefficient (Wildman–Crippen LogP) is 13.1. The predicted molar refractivity (Wildman–Crippen MR) is 205 cm³/mol. The molecule has 0 aliphatic heterocycles. The summed E-state index contributed by atoms with van der Waals surface area (Å²) in [6, 6.07) is 60.7. The molecule has 0 aliphatic carbocycles. The van der Waals surface area contributed by atoms with Crippen LogP contribution in [0.3, 0.4) is 0 Å². The monoisotopic (exact) mass is 621 g/mol. The van der Waals surface area contributed by atoms with Crippen molar-refractivity contribution in [1.29, 1.82) is 5.26 Å². The molecule has 0 radical (unpaired) electrons. The van der Waals surface area contributed by atoms with Crippen molar-refractivity contribution in [3.05, 3.63) is 169 Å². The Morgan fingerprint density at radius 2 is 0.837 bits per heavy atom. The van der Waals surface area contributed by atoms with E-state index in [1.54, 1.807) is 0 Å². The molecule has 0 fully saturated rings. The standard InChI is InChI=1S/C47H27NO/c48-28-29-19-23-44-41(25-29)42-26-33(21-24-45(42)49-44)32-20-22-40-43(27-32)47(37-18-8-12-31-10-2-4-14-35(31)37)39-16-6-5-15-38(39)46(40)36-17-7-11-30-9-1-3-13-34(30)36/h1-27H. The van der Waals surface area contributed by atoms with Crippen LogP contribution in [0.15, 0.2) is 168 Å².